The van der Waals surface area contributed by atoms with E-state index >= 15 is 0 Å². The Morgan fingerprint density at radius 1 is 1.35 bits per heavy atom. The Morgan fingerprint density at radius 2 is 2.10 bits per heavy atom. The molecule has 102 valence electrons. The molecule has 1 aromatic carbocycles. The molecule has 0 spiro atoms. The molecule has 0 fully saturated rings. The molecule has 2 rings (SSSR count). The zero-order valence-corrected chi connectivity index (χ0v) is 12.1. The number of rotatable bonds is 3. The van der Waals surface area contributed by atoms with Gasteiger partial charge in [-0.05, 0) is 28.1 Å². The van der Waals surface area contributed by atoms with E-state index in [0.717, 1.165) is 6.07 Å². The monoisotopic (exact) mass is 356 g/mol. The Labute approximate surface area is 126 Å². The minimum absolute atomic E-state index is 0.107. The maximum absolute atomic E-state index is 12.0. The third-order valence-electron chi connectivity index (χ3n) is 2.26. The molecule has 7 nitrogen and oxygen atoms in total. The lowest BCUT2D eigenvalue weighted by atomic mass is 10.1. The third kappa shape index (κ3) is 3.28. The minimum Gasteiger partial charge on any atom is -0.305 e. The van der Waals surface area contributed by atoms with Crippen LogP contribution in [0.4, 0.5) is 11.5 Å². The first kappa shape index (κ1) is 14.4. The van der Waals surface area contributed by atoms with Crippen molar-refractivity contribution in [1.82, 2.24) is 9.97 Å². The summed E-state index contributed by atoms with van der Waals surface area (Å²) < 4.78 is 0.507. The number of hydrogen-bond donors (Lipinski definition) is 1. The number of benzene rings is 1. The highest BCUT2D eigenvalue weighted by Crippen LogP contribution is 2.23. The van der Waals surface area contributed by atoms with Gasteiger partial charge in [-0.15, -0.1) is 0 Å². The van der Waals surface area contributed by atoms with Crippen LogP contribution in [0.15, 0.2) is 35.2 Å². The summed E-state index contributed by atoms with van der Waals surface area (Å²) in [6.07, 6.45) is 2.72. The van der Waals surface area contributed by atoms with E-state index in [2.05, 4.69) is 31.2 Å². The molecule has 1 N–H and O–H groups in total. The SMILES string of the molecule is O=C(Nc1cnc(Br)cn1)c1ccc(Cl)cc1[N+](=O)[O-]. The molecule has 0 radical (unpaired) electrons. The van der Waals surface area contributed by atoms with Crippen molar-refractivity contribution in [2.75, 3.05) is 5.32 Å². The molecule has 0 aliphatic carbocycles. The fourth-order valence-corrected chi connectivity index (χ4v) is 1.78. The van der Waals surface area contributed by atoms with Crippen molar-refractivity contribution >= 4 is 44.9 Å². The number of amides is 1. The van der Waals surface area contributed by atoms with Gasteiger partial charge in [0.25, 0.3) is 11.6 Å². The molecule has 0 unspecified atom stereocenters. The van der Waals surface area contributed by atoms with Gasteiger partial charge in [0, 0.05) is 11.1 Å². The summed E-state index contributed by atoms with van der Waals surface area (Å²) in [5, 5.41) is 13.5. The first-order valence-electron chi connectivity index (χ1n) is 5.20. The second kappa shape index (κ2) is 5.93. The maximum atomic E-state index is 12.0. The highest BCUT2D eigenvalue weighted by atomic mass is 79.9. The summed E-state index contributed by atoms with van der Waals surface area (Å²) in [5.74, 6) is -0.479. The van der Waals surface area contributed by atoms with Crippen molar-refractivity contribution < 1.29 is 9.72 Å². The van der Waals surface area contributed by atoms with E-state index in [4.69, 9.17) is 11.6 Å². The molecule has 0 aliphatic heterocycles. The van der Waals surface area contributed by atoms with Crippen molar-refractivity contribution in [2.24, 2.45) is 0 Å². The van der Waals surface area contributed by atoms with Gasteiger partial charge in [-0.2, -0.15) is 0 Å². The molecule has 1 amide bonds. The summed E-state index contributed by atoms with van der Waals surface area (Å²) >= 11 is 8.78. The molecular weight excluding hydrogens is 352 g/mol. The number of nitro benzene ring substituents is 1. The fourth-order valence-electron chi connectivity index (χ4n) is 1.41. The van der Waals surface area contributed by atoms with E-state index in [9.17, 15) is 14.9 Å². The van der Waals surface area contributed by atoms with Crippen LogP contribution in [0.25, 0.3) is 0 Å². The quantitative estimate of drug-likeness (QED) is 0.672. The van der Waals surface area contributed by atoms with E-state index in [1.165, 1.54) is 24.5 Å². The Balaban J connectivity index is 2.29. The zero-order valence-electron chi connectivity index (χ0n) is 9.71. The molecule has 9 heteroatoms. The lowest BCUT2D eigenvalue weighted by Gasteiger charge is -2.05. The second-order valence-corrected chi connectivity index (χ2v) is 4.85. The zero-order chi connectivity index (χ0) is 14.7. The van der Waals surface area contributed by atoms with Crippen LogP contribution in [0.2, 0.25) is 5.02 Å². The average molecular weight is 358 g/mol. The molecule has 0 aliphatic rings. The van der Waals surface area contributed by atoms with Gasteiger partial charge in [-0.1, -0.05) is 11.6 Å². The first-order valence-corrected chi connectivity index (χ1v) is 6.37. The smallest absolute Gasteiger partial charge is 0.283 e. The molecule has 0 atom stereocenters. The fraction of sp³-hybridized carbons (Fsp3) is 0. The normalized spacial score (nSPS) is 10.1. The van der Waals surface area contributed by atoms with Crippen molar-refractivity contribution in [3.8, 4) is 0 Å². The molecular formula is C11H6BrClN4O3. The highest BCUT2D eigenvalue weighted by Gasteiger charge is 2.20. The number of anilines is 1. The van der Waals surface area contributed by atoms with Crippen molar-refractivity contribution in [3.05, 3.63) is 55.9 Å². The Morgan fingerprint density at radius 3 is 2.70 bits per heavy atom. The van der Waals surface area contributed by atoms with Gasteiger partial charge >= 0.3 is 0 Å². The summed E-state index contributed by atoms with van der Waals surface area (Å²) in [6.45, 7) is 0. The van der Waals surface area contributed by atoms with Crippen LogP contribution >= 0.6 is 27.5 Å². The van der Waals surface area contributed by atoms with E-state index in [1.807, 2.05) is 0 Å². The lowest BCUT2D eigenvalue weighted by molar-refractivity contribution is -0.385. The van der Waals surface area contributed by atoms with Crippen LogP contribution in [0.3, 0.4) is 0 Å². The van der Waals surface area contributed by atoms with Gasteiger partial charge in [-0.25, -0.2) is 9.97 Å². The highest BCUT2D eigenvalue weighted by molar-refractivity contribution is 9.10. The molecule has 0 saturated carbocycles. The van der Waals surface area contributed by atoms with Crippen molar-refractivity contribution in [3.63, 3.8) is 0 Å². The minimum atomic E-state index is -0.673. The predicted molar refractivity (Wildman–Crippen MR) is 75.8 cm³/mol. The van der Waals surface area contributed by atoms with E-state index in [1.54, 1.807) is 0 Å². The van der Waals surface area contributed by atoms with Gasteiger partial charge in [0.05, 0.1) is 17.3 Å². The number of aromatic nitrogens is 2. The number of nitro groups is 1. The van der Waals surface area contributed by atoms with Gasteiger partial charge in [0.2, 0.25) is 0 Å². The molecule has 20 heavy (non-hydrogen) atoms. The van der Waals surface area contributed by atoms with Gasteiger partial charge in [0.15, 0.2) is 5.82 Å². The largest absolute Gasteiger partial charge is 0.305 e. The topological polar surface area (TPSA) is 98.0 Å². The van der Waals surface area contributed by atoms with Crippen LogP contribution in [-0.4, -0.2) is 20.8 Å². The van der Waals surface area contributed by atoms with Crippen molar-refractivity contribution in [2.45, 2.75) is 0 Å². The molecule has 0 bridgehead atoms. The number of carbonyl (C=O) groups excluding carboxylic acids is 1. The average Bonchev–Trinajstić information content (AvgIpc) is 2.41. The second-order valence-electron chi connectivity index (χ2n) is 3.60. The first-order chi connectivity index (χ1) is 9.47. The van der Waals surface area contributed by atoms with E-state index < -0.39 is 10.8 Å². The van der Waals surface area contributed by atoms with Crippen LogP contribution in [-0.2, 0) is 0 Å². The standard InChI is InChI=1S/C11H6BrClN4O3/c12-9-4-15-10(5-14-9)16-11(18)7-2-1-6(13)3-8(7)17(19)20/h1-5H,(H,15,16,18). The van der Waals surface area contributed by atoms with E-state index in [0.29, 0.717) is 4.60 Å². The van der Waals surface area contributed by atoms with Crippen LogP contribution in [0.1, 0.15) is 10.4 Å². The molecule has 1 aromatic heterocycles. The predicted octanol–water partition coefficient (Wildman–Crippen LogP) is 3.05. The van der Waals surface area contributed by atoms with Gasteiger partial charge < -0.3 is 5.32 Å². The number of halogens is 2. The molecule has 2 aromatic rings. The number of nitrogens with one attached hydrogen (secondary N) is 1. The van der Waals surface area contributed by atoms with E-state index in [-0.39, 0.29) is 22.1 Å². The Kier molecular flexibility index (Phi) is 4.26. The van der Waals surface area contributed by atoms with Gasteiger partial charge in [-0.3, -0.25) is 14.9 Å². The number of carbonyl (C=O) groups is 1. The summed E-state index contributed by atoms with van der Waals surface area (Å²) in [7, 11) is 0. The Bertz CT molecular complexity index is 678. The summed E-state index contributed by atoms with van der Waals surface area (Å²) in [4.78, 5) is 30.0. The lowest BCUT2D eigenvalue weighted by Crippen LogP contribution is -2.15. The molecule has 1 heterocycles. The third-order valence-corrected chi connectivity index (χ3v) is 2.91. The Hall–Kier alpha value is -2.06. The maximum Gasteiger partial charge on any atom is 0.283 e. The van der Waals surface area contributed by atoms with Crippen LogP contribution < -0.4 is 5.32 Å². The summed E-state index contributed by atoms with van der Waals surface area (Å²) in [5.41, 5.74) is -0.482. The van der Waals surface area contributed by atoms with Crippen molar-refractivity contribution in [1.29, 1.82) is 0 Å². The summed E-state index contributed by atoms with van der Waals surface area (Å²) in [6, 6.07) is 3.79. The number of hydrogen-bond acceptors (Lipinski definition) is 5. The van der Waals surface area contributed by atoms with Gasteiger partial charge in [0.1, 0.15) is 10.2 Å². The number of nitrogens with zero attached hydrogens (tertiary/aromatic N) is 3. The molecule has 0 saturated heterocycles. The van der Waals surface area contributed by atoms with Crippen LogP contribution in [0.5, 0.6) is 0 Å². The van der Waals surface area contributed by atoms with Crippen LogP contribution in [0, 0.1) is 10.1 Å².